The van der Waals surface area contributed by atoms with Crippen LogP contribution in [0.5, 0.6) is 0 Å². The number of nitrogens with zero attached hydrogens (tertiary/aromatic N) is 1. The highest BCUT2D eigenvalue weighted by molar-refractivity contribution is 7.09. The minimum Gasteiger partial charge on any atom is -0.462 e. The molecule has 0 saturated heterocycles. The Morgan fingerprint density at radius 1 is 1.40 bits per heavy atom. The number of hydrogen-bond donors (Lipinski definition) is 0. The van der Waals surface area contributed by atoms with Crippen molar-refractivity contribution < 1.29 is 14.5 Å². The van der Waals surface area contributed by atoms with E-state index in [9.17, 15) is 14.9 Å². The summed E-state index contributed by atoms with van der Waals surface area (Å²) >= 11 is 7.33. The molecule has 1 heterocycles. The van der Waals surface area contributed by atoms with Crippen molar-refractivity contribution >= 4 is 34.6 Å². The molecule has 0 spiro atoms. The van der Waals surface area contributed by atoms with Crippen LogP contribution in [0.25, 0.3) is 0 Å². The van der Waals surface area contributed by atoms with E-state index in [0.717, 1.165) is 4.88 Å². The third-order valence-electron chi connectivity index (χ3n) is 2.54. The van der Waals surface area contributed by atoms with E-state index in [-0.39, 0.29) is 22.9 Å². The van der Waals surface area contributed by atoms with Crippen molar-refractivity contribution in [1.82, 2.24) is 0 Å². The molecule has 2 rings (SSSR count). The zero-order valence-electron chi connectivity index (χ0n) is 10.2. The number of rotatable bonds is 5. The maximum atomic E-state index is 11.8. The summed E-state index contributed by atoms with van der Waals surface area (Å²) in [5, 5.41) is 12.5. The largest absolute Gasteiger partial charge is 0.462 e. The molecule has 0 aliphatic rings. The molecule has 104 valence electrons. The van der Waals surface area contributed by atoms with Gasteiger partial charge in [0.1, 0.15) is 5.02 Å². The second-order valence-electron chi connectivity index (χ2n) is 3.89. The molecule has 0 aliphatic heterocycles. The fraction of sp³-hybridized carbons (Fsp3) is 0.154. The number of benzene rings is 1. The fourth-order valence-electron chi connectivity index (χ4n) is 1.56. The molecule has 0 aliphatic carbocycles. The van der Waals surface area contributed by atoms with Gasteiger partial charge in [0, 0.05) is 17.4 Å². The SMILES string of the molecule is O=C(OCCc1cccs1)c1ccc([N+](=O)[O-])c(Cl)c1. The Kier molecular flexibility index (Phi) is 4.70. The van der Waals surface area contributed by atoms with Gasteiger partial charge in [-0.1, -0.05) is 17.7 Å². The topological polar surface area (TPSA) is 69.4 Å². The highest BCUT2D eigenvalue weighted by Gasteiger charge is 2.16. The van der Waals surface area contributed by atoms with Gasteiger partial charge in [0.05, 0.1) is 17.1 Å². The highest BCUT2D eigenvalue weighted by Crippen LogP contribution is 2.25. The maximum Gasteiger partial charge on any atom is 0.338 e. The molecule has 0 saturated carbocycles. The van der Waals surface area contributed by atoms with Gasteiger partial charge in [-0.05, 0) is 23.6 Å². The Morgan fingerprint density at radius 2 is 2.20 bits per heavy atom. The van der Waals surface area contributed by atoms with Gasteiger partial charge in [0.15, 0.2) is 0 Å². The van der Waals surface area contributed by atoms with Crippen LogP contribution in [-0.2, 0) is 11.2 Å². The number of nitro groups is 1. The van der Waals surface area contributed by atoms with Gasteiger partial charge in [0.2, 0.25) is 0 Å². The summed E-state index contributed by atoms with van der Waals surface area (Å²) in [5.41, 5.74) is -0.0337. The van der Waals surface area contributed by atoms with Crippen LogP contribution in [0.3, 0.4) is 0 Å². The van der Waals surface area contributed by atoms with Crippen LogP contribution in [0.2, 0.25) is 5.02 Å². The average Bonchev–Trinajstić information content (AvgIpc) is 2.91. The predicted molar refractivity (Wildman–Crippen MR) is 76.4 cm³/mol. The van der Waals surface area contributed by atoms with Crippen LogP contribution in [0, 0.1) is 10.1 Å². The first-order chi connectivity index (χ1) is 9.58. The number of esters is 1. The Hall–Kier alpha value is -1.92. The summed E-state index contributed by atoms with van der Waals surface area (Å²) in [6.07, 6.45) is 0.643. The van der Waals surface area contributed by atoms with Crippen molar-refractivity contribution in [3.05, 3.63) is 61.3 Å². The quantitative estimate of drug-likeness (QED) is 0.479. The van der Waals surface area contributed by atoms with Crippen LogP contribution in [0.1, 0.15) is 15.2 Å². The normalized spacial score (nSPS) is 10.2. The fourth-order valence-corrected chi connectivity index (χ4v) is 2.50. The predicted octanol–water partition coefficient (Wildman–Crippen LogP) is 3.71. The van der Waals surface area contributed by atoms with Crippen molar-refractivity contribution in [2.45, 2.75) is 6.42 Å². The smallest absolute Gasteiger partial charge is 0.338 e. The Bertz CT molecular complexity index is 627. The number of carbonyl (C=O) groups is 1. The van der Waals surface area contributed by atoms with Crippen molar-refractivity contribution in [2.75, 3.05) is 6.61 Å². The molecule has 0 atom stereocenters. The lowest BCUT2D eigenvalue weighted by Gasteiger charge is -2.04. The van der Waals surface area contributed by atoms with Crippen molar-refractivity contribution in [3.63, 3.8) is 0 Å². The number of nitro benzene ring substituents is 1. The lowest BCUT2D eigenvalue weighted by Crippen LogP contribution is -2.08. The van der Waals surface area contributed by atoms with E-state index >= 15 is 0 Å². The lowest BCUT2D eigenvalue weighted by atomic mass is 10.2. The summed E-state index contributed by atoms with van der Waals surface area (Å²) < 4.78 is 5.10. The van der Waals surface area contributed by atoms with Crippen LogP contribution < -0.4 is 0 Å². The number of thiophene rings is 1. The van der Waals surface area contributed by atoms with Gasteiger partial charge in [-0.3, -0.25) is 10.1 Å². The van der Waals surface area contributed by atoms with Crippen LogP contribution in [-0.4, -0.2) is 17.5 Å². The van der Waals surface area contributed by atoms with Crippen molar-refractivity contribution in [3.8, 4) is 0 Å². The zero-order chi connectivity index (χ0) is 14.5. The molecule has 0 radical (unpaired) electrons. The van der Waals surface area contributed by atoms with Gasteiger partial charge >= 0.3 is 5.97 Å². The Balaban J connectivity index is 1.95. The van der Waals surface area contributed by atoms with Gasteiger partial charge < -0.3 is 4.74 Å². The van der Waals surface area contributed by atoms with E-state index in [1.165, 1.54) is 18.2 Å². The van der Waals surface area contributed by atoms with Crippen LogP contribution >= 0.6 is 22.9 Å². The molecule has 0 bridgehead atoms. The molecule has 1 aromatic carbocycles. The molecule has 5 nitrogen and oxygen atoms in total. The summed E-state index contributed by atoms with van der Waals surface area (Å²) in [4.78, 5) is 22.9. The first-order valence-electron chi connectivity index (χ1n) is 5.71. The van der Waals surface area contributed by atoms with Crippen molar-refractivity contribution in [2.24, 2.45) is 0 Å². The molecule has 0 N–H and O–H groups in total. The monoisotopic (exact) mass is 311 g/mol. The Labute approximate surface area is 123 Å². The average molecular weight is 312 g/mol. The summed E-state index contributed by atoms with van der Waals surface area (Å²) in [7, 11) is 0. The molecule has 0 unspecified atom stereocenters. The number of hydrogen-bond acceptors (Lipinski definition) is 5. The molecule has 1 aromatic heterocycles. The van der Waals surface area contributed by atoms with Gasteiger partial charge in [-0.15, -0.1) is 11.3 Å². The first kappa shape index (κ1) is 14.5. The van der Waals surface area contributed by atoms with E-state index in [0.29, 0.717) is 6.42 Å². The zero-order valence-corrected chi connectivity index (χ0v) is 11.8. The van der Waals surface area contributed by atoms with E-state index in [1.54, 1.807) is 11.3 Å². The molecule has 20 heavy (non-hydrogen) atoms. The number of halogens is 1. The minimum atomic E-state index is -0.603. The van der Waals surface area contributed by atoms with Gasteiger partial charge in [0.25, 0.3) is 5.69 Å². The molecular formula is C13H10ClNO4S. The van der Waals surface area contributed by atoms with E-state index in [2.05, 4.69) is 0 Å². The second kappa shape index (κ2) is 6.49. The first-order valence-corrected chi connectivity index (χ1v) is 6.97. The second-order valence-corrected chi connectivity index (χ2v) is 5.33. The number of ether oxygens (including phenoxy) is 1. The summed E-state index contributed by atoms with van der Waals surface area (Å²) in [5.74, 6) is -0.543. The standard InChI is InChI=1S/C13H10ClNO4S/c14-11-8-9(3-4-12(11)15(17)18)13(16)19-6-5-10-2-1-7-20-10/h1-4,7-8H,5-6H2. The summed E-state index contributed by atoms with van der Waals surface area (Å²) in [6, 6.07) is 7.65. The molecule has 7 heteroatoms. The lowest BCUT2D eigenvalue weighted by molar-refractivity contribution is -0.384. The molecule has 0 amide bonds. The van der Waals surface area contributed by atoms with Crippen LogP contribution in [0.4, 0.5) is 5.69 Å². The van der Waals surface area contributed by atoms with E-state index in [4.69, 9.17) is 16.3 Å². The van der Waals surface area contributed by atoms with Gasteiger partial charge in [-0.25, -0.2) is 4.79 Å². The van der Waals surface area contributed by atoms with E-state index in [1.807, 2.05) is 17.5 Å². The van der Waals surface area contributed by atoms with Crippen LogP contribution in [0.15, 0.2) is 35.7 Å². The third kappa shape index (κ3) is 3.55. The van der Waals surface area contributed by atoms with Gasteiger partial charge in [-0.2, -0.15) is 0 Å². The van der Waals surface area contributed by atoms with E-state index < -0.39 is 10.9 Å². The maximum absolute atomic E-state index is 11.8. The Morgan fingerprint density at radius 3 is 2.80 bits per heavy atom. The summed E-state index contributed by atoms with van der Waals surface area (Å²) in [6.45, 7) is 0.258. The van der Waals surface area contributed by atoms with Crippen molar-refractivity contribution in [1.29, 1.82) is 0 Å². The molecular weight excluding hydrogens is 302 g/mol. The third-order valence-corrected chi connectivity index (χ3v) is 3.78. The molecule has 0 fully saturated rings. The highest BCUT2D eigenvalue weighted by atomic mass is 35.5. The number of carbonyl (C=O) groups excluding carboxylic acids is 1. The molecule has 2 aromatic rings. The minimum absolute atomic E-state index is 0.0808.